The molecule has 3 heterocycles. The Bertz CT molecular complexity index is 1390. The summed E-state index contributed by atoms with van der Waals surface area (Å²) in [5.74, 6) is -1.37. The van der Waals surface area contributed by atoms with Crippen LogP contribution >= 0.6 is 0 Å². The summed E-state index contributed by atoms with van der Waals surface area (Å²) in [5.41, 5.74) is 1.08. The standard InChI is InChI=1S/C31H35F4N5O2/c1-20-15-26(31(33,34)35)25(19-36-20)30(41)38-28-17-22(4-6-29(28)40-11-9-39(2)10-12-40)24-16-21(3-5-27(24)32)18-37-23-7-13-42-14-8-23/h3-6,15-17,19,23,36-37H,1,7-14,18H2,2H3,(H,38,41). The van der Waals surface area contributed by atoms with Crippen LogP contribution < -0.4 is 20.9 Å². The number of rotatable bonds is 7. The van der Waals surface area contributed by atoms with Gasteiger partial charge in [0.25, 0.3) is 5.91 Å². The van der Waals surface area contributed by atoms with Crippen LogP contribution in [0.25, 0.3) is 11.1 Å². The monoisotopic (exact) mass is 585 g/mol. The molecule has 3 aliphatic heterocycles. The molecule has 0 radical (unpaired) electrons. The Morgan fingerprint density at radius 3 is 2.55 bits per heavy atom. The molecule has 0 aromatic heterocycles. The van der Waals surface area contributed by atoms with Gasteiger partial charge in [0.2, 0.25) is 0 Å². The lowest BCUT2D eigenvalue weighted by Gasteiger charge is -2.35. The molecule has 1 amide bonds. The van der Waals surface area contributed by atoms with E-state index in [4.69, 9.17) is 4.74 Å². The summed E-state index contributed by atoms with van der Waals surface area (Å²) < 4.78 is 62.0. The number of alkyl halides is 3. The normalized spacial score (nSPS) is 18.8. The second-order valence-corrected chi connectivity index (χ2v) is 10.8. The van der Waals surface area contributed by atoms with Gasteiger partial charge in [0.15, 0.2) is 0 Å². The number of amides is 1. The van der Waals surface area contributed by atoms with Crippen molar-refractivity contribution in [2.24, 2.45) is 0 Å². The third kappa shape index (κ3) is 7.03. The van der Waals surface area contributed by atoms with E-state index in [1.165, 1.54) is 6.07 Å². The topological polar surface area (TPSA) is 68.9 Å². The van der Waals surface area contributed by atoms with Crippen LogP contribution in [0, 0.1) is 5.82 Å². The van der Waals surface area contributed by atoms with Crippen LogP contribution in [-0.4, -0.2) is 69.5 Å². The van der Waals surface area contributed by atoms with E-state index in [2.05, 4.69) is 32.3 Å². The van der Waals surface area contributed by atoms with E-state index in [1.54, 1.807) is 30.3 Å². The van der Waals surface area contributed by atoms with Crippen LogP contribution in [0.3, 0.4) is 0 Å². The van der Waals surface area contributed by atoms with Gasteiger partial charge < -0.3 is 30.5 Å². The number of hydrogen-bond donors (Lipinski definition) is 3. The Labute approximate surface area is 242 Å². The van der Waals surface area contributed by atoms with Crippen molar-refractivity contribution in [2.45, 2.75) is 31.6 Å². The Hall–Kier alpha value is -3.67. The zero-order valence-corrected chi connectivity index (χ0v) is 23.5. The highest BCUT2D eigenvalue weighted by Crippen LogP contribution is 2.37. The molecule has 0 saturated carbocycles. The number of hydrogen-bond acceptors (Lipinski definition) is 6. The maximum Gasteiger partial charge on any atom is 0.417 e. The minimum Gasteiger partial charge on any atom is -0.381 e. The van der Waals surface area contributed by atoms with Gasteiger partial charge in [-0.05, 0) is 61.4 Å². The molecule has 3 aliphatic rings. The first kappa shape index (κ1) is 29.8. The average molecular weight is 586 g/mol. The average Bonchev–Trinajstić information content (AvgIpc) is 2.97. The minimum atomic E-state index is -4.75. The number of nitrogens with zero attached hydrogens (tertiary/aromatic N) is 2. The molecule has 2 saturated heterocycles. The van der Waals surface area contributed by atoms with E-state index >= 15 is 4.39 Å². The van der Waals surface area contributed by atoms with Crippen LogP contribution in [0.5, 0.6) is 0 Å². The highest BCUT2D eigenvalue weighted by molar-refractivity contribution is 6.09. The van der Waals surface area contributed by atoms with Crippen molar-refractivity contribution in [2.75, 3.05) is 56.7 Å². The Morgan fingerprint density at radius 1 is 1.10 bits per heavy atom. The van der Waals surface area contributed by atoms with Gasteiger partial charge in [-0.1, -0.05) is 18.7 Å². The second-order valence-electron chi connectivity index (χ2n) is 10.8. The van der Waals surface area contributed by atoms with Crippen LogP contribution in [-0.2, 0) is 16.1 Å². The summed E-state index contributed by atoms with van der Waals surface area (Å²) >= 11 is 0. The molecule has 0 atom stereocenters. The minimum absolute atomic E-state index is 0.0284. The molecule has 0 bridgehead atoms. The van der Waals surface area contributed by atoms with Crippen LogP contribution in [0.2, 0.25) is 0 Å². The van der Waals surface area contributed by atoms with E-state index in [0.29, 0.717) is 61.4 Å². The van der Waals surface area contributed by atoms with Gasteiger partial charge in [-0.2, -0.15) is 13.2 Å². The predicted octanol–water partition coefficient (Wildman–Crippen LogP) is 4.94. The summed E-state index contributed by atoms with van der Waals surface area (Å²) in [4.78, 5) is 17.6. The predicted molar refractivity (Wildman–Crippen MR) is 155 cm³/mol. The van der Waals surface area contributed by atoms with Gasteiger partial charge in [0.05, 0.1) is 22.5 Å². The van der Waals surface area contributed by atoms with Crippen LogP contribution in [0.1, 0.15) is 18.4 Å². The summed E-state index contributed by atoms with van der Waals surface area (Å²) in [6.45, 7) is 8.39. The SMILES string of the molecule is C=C1C=C(C(F)(F)F)C(C(=O)Nc2cc(-c3cc(CNC4CCOCC4)ccc3F)ccc2N2CCN(C)CC2)=CN1. The van der Waals surface area contributed by atoms with E-state index in [-0.39, 0.29) is 5.70 Å². The quantitative estimate of drug-likeness (QED) is 0.400. The smallest absolute Gasteiger partial charge is 0.381 e. The first-order valence-corrected chi connectivity index (χ1v) is 14.0. The number of anilines is 2. The maximum atomic E-state index is 15.2. The van der Waals surface area contributed by atoms with Gasteiger partial charge >= 0.3 is 6.18 Å². The number of likely N-dealkylation sites (N-methyl/N-ethyl adjacent to an activating group) is 1. The lowest BCUT2D eigenvalue weighted by molar-refractivity contribution is -0.115. The second kappa shape index (κ2) is 12.7. The van der Waals surface area contributed by atoms with Crippen molar-refractivity contribution in [3.05, 3.63) is 83.5 Å². The molecule has 11 heteroatoms. The van der Waals surface area contributed by atoms with Gasteiger partial charge in [0, 0.05) is 69.4 Å². The molecule has 42 heavy (non-hydrogen) atoms. The molecule has 5 rings (SSSR count). The Kier molecular flexibility index (Phi) is 9.00. The Morgan fingerprint density at radius 2 is 1.83 bits per heavy atom. The first-order valence-electron chi connectivity index (χ1n) is 14.0. The summed E-state index contributed by atoms with van der Waals surface area (Å²) in [6.07, 6.45) is -1.11. The lowest BCUT2D eigenvalue weighted by Crippen LogP contribution is -2.44. The number of benzene rings is 2. The number of carbonyl (C=O) groups is 1. The Balaban J connectivity index is 1.45. The largest absolute Gasteiger partial charge is 0.417 e. The number of carbonyl (C=O) groups excluding carboxylic acids is 1. The summed E-state index contributed by atoms with van der Waals surface area (Å²) in [6, 6.07) is 10.4. The van der Waals surface area contributed by atoms with Crippen molar-refractivity contribution in [1.82, 2.24) is 15.5 Å². The van der Waals surface area contributed by atoms with Crippen LogP contribution in [0.4, 0.5) is 28.9 Å². The number of nitrogens with one attached hydrogen (secondary N) is 3. The fourth-order valence-electron chi connectivity index (χ4n) is 5.34. The van der Waals surface area contributed by atoms with Crippen LogP contribution in [0.15, 0.2) is 72.1 Å². The van der Waals surface area contributed by atoms with Gasteiger partial charge in [-0.25, -0.2) is 4.39 Å². The third-order valence-corrected chi connectivity index (χ3v) is 7.81. The highest BCUT2D eigenvalue weighted by atomic mass is 19.4. The number of piperazine rings is 1. The van der Waals surface area contributed by atoms with E-state index < -0.39 is 29.0 Å². The van der Waals surface area contributed by atoms with E-state index in [9.17, 15) is 18.0 Å². The molecule has 7 nitrogen and oxygen atoms in total. The fraction of sp³-hybridized carbons (Fsp3) is 0.387. The third-order valence-electron chi connectivity index (χ3n) is 7.81. The molecule has 2 fully saturated rings. The van der Waals surface area contributed by atoms with Gasteiger partial charge in [0.1, 0.15) is 5.82 Å². The zero-order chi connectivity index (χ0) is 29.9. The number of halogens is 4. The fourth-order valence-corrected chi connectivity index (χ4v) is 5.34. The highest BCUT2D eigenvalue weighted by Gasteiger charge is 2.40. The van der Waals surface area contributed by atoms with Crippen molar-refractivity contribution >= 4 is 17.3 Å². The molecule has 3 N–H and O–H groups in total. The molecule has 2 aromatic carbocycles. The molecule has 2 aromatic rings. The number of ether oxygens (including phenoxy) is 1. The molecule has 224 valence electrons. The zero-order valence-electron chi connectivity index (χ0n) is 23.5. The molecule has 0 aliphatic carbocycles. The van der Waals surface area contributed by atoms with Gasteiger partial charge in [-0.15, -0.1) is 0 Å². The number of allylic oxidation sites excluding steroid dienone is 1. The first-order chi connectivity index (χ1) is 20.1. The van der Waals surface area contributed by atoms with E-state index in [0.717, 1.165) is 43.8 Å². The van der Waals surface area contributed by atoms with Crippen molar-refractivity contribution in [3.63, 3.8) is 0 Å². The van der Waals surface area contributed by atoms with Crippen molar-refractivity contribution in [1.29, 1.82) is 0 Å². The summed E-state index contributed by atoms with van der Waals surface area (Å²) in [5, 5.41) is 8.80. The summed E-state index contributed by atoms with van der Waals surface area (Å²) in [7, 11) is 2.01. The van der Waals surface area contributed by atoms with E-state index in [1.807, 2.05) is 7.05 Å². The molecule has 0 spiro atoms. The molecular weight excluding hydrogens is 550 g/mol. The van der Waals surface area contributed by atoms with Crippen molar-refractivity contribution in [3.8, 4) is 11.1 Å². The lowest BCUT2D eigenvalue weighted by atomic mass is 9.99. The van der Waals surface area contributed by atoms with Crippen molar-refractivity contribution < 1.29 is 27.1 Å². The maximum absolute atomic E-state index is 15.2. The number of dihydropyridines is 1. The van der Waals surface area contributed by atoms with Gasteiger partial charge in [-0.3, -0.25) is 4.79 Å². The molecular formula is C31H35F4N5O2. The molecule has 0 unspecified atom stereocenters.